The Kier molecular flexibility index (Phi) is 5.53. The molecule has 0 saturated heterocycles. The minimum absolute atomic E-state index is 0.148. The second-order valence-corrected chi connectivity index (χ2v) is 4.47. The third-order valence-electron chi connectivity index (χ3n) is 2.87. The van der Waals surface area contributed by atoms with Crippen LogP contribution in [0.2, 0.25) is 0 Å². The van der Waals surface area contributed by atoms with Crippen LogP contribution in [0, 0.1) is 0 Å². The van der Waals surface area contributed by atoms with E-state index in [1.54, 1.807) is 0 Å². The van der Waals surface area contributed by atoms with Crippen molar-refractivity contribution in [1.82, 2.24) is 5.32 Å². The van der Waals surface area contributed by atoms with Crippen molar-refractivity contribution in [3.8, 4) is 0 Å². The van der Waals surface area contributed by atoms with Crippen molar-refractivity contribution < 1.29 is 4.79 Å². The molecule has 0 radical (unpaired) electrons. The summed E-state index contributed by atoms with van der Waals surface area (Å²) in [7, 11) is 0. The summed E-state index contributed by atoms with van der Waals surface area (Å²) in [4.78, 5) is 11.5. The molecule has 94 valence electrons. The molecule has 3 N–H and O–H groups in total. The molecule has 0 aliphatic carbocycles. The van der Waals surface area contributed by atoms with Crippen LogP contribution >= 0.6 is 0 Å². The molecular weight excluding hydrogens is 212 g/mol. The average Bonchev–Trinajstić information content (AvgIpc) is 2.31. The fourth-order valence-corrected chi connectivity index (χ4v) is 1.59. The first kappa shape index (κ1) is 13.6. The number of hydrogen-bond acceptors (Lipinski definition) is 2. The molecule has 1 unspecified atom stereocenters. The van der Waals surface area contributed by atoms with Crippen LogP contribution in [0.5, 0.6) is 0 Å². The third kappa shape index (κ3) is 5.38. The van der Waals surface area contributed by atoms with Gasteiger partial charge in [-0.15, -0.1) is 0 Å². The Morgan fingerprint density at radius 3 is 2.59 bits per heavy atom. The van der Waals surface area contributed by atoms with Crippen LogP contribution in [-0.4, -0.2) is 11.9 Å². The number of nitrogens with one attached hydrogen (secondary N) is 1. The van der Waals surface area contributed by atoms with E-state index in [2.05, 4.69) is 12.2 Å². The SMILES string of the molecule is CCC(C)NC(=O)CCCc1ccc(N)cc1. The van der Waals surface area contributed by atoms with Crippen LogP contribution < -0.4 is 11.1 Å². The van der Waals surface area contributed by atoms with Crippen molar-refractivity contribution in [1.29, 1.82) is 0 Å². The largest absolute Gasteiger partial charge is 0.399 e. The number of rotatable bonds is 6. The van der Waals surface area contributed by atoms with Crippen LogP contribution in [-0.2, 0) is 11.2 Å². The van der Waals surface area contributed by atoms with Crippen molar-refractivity contribution >= 4 is 11.6 Å². The van der Waals surface area contributed by atoms with Gasteiger partial charge in [-0.05, 0) is 43.9 Å². The lowest BCUT2D eigenvalue weighted by atomic mass is 10.1. The molecule has 1 aromatic rings. The molecule has 0 saturated carbocycles. The number of nitrogens with two attached hydrogens (primary N) is 1. The highest BCUT2D eigenvalue weighted by molar-refractivity contribution is 5.76. The summed E-state index contributed by atoms with van der Waals surface area (Å²) in [6.07, 6.45) is 3.37. The van der Waals surface area contributed by atoms with E-state index >= 15 is 0 Å². The molecule has 0 aromatic heterocycles. The molecule has 0 fully saturated rings. The number of carbonyl (C=O) groups is 1. The monoisotopic (exact) mass is 234 g/mol. The summed E-state index contributed by atoms with van der Waals surface area (Å²) in [5.41, 5.74) is 7.62. The molecule has 0 spiro atoms. The number of benzene rings is 1. The minimum Gasteiger partial charge on any atom is -0.399 e. The molecule has 3 nitrogen and oxygen atoms in total. The molecule has 0 heterocycles. The minimum atomic E-state index is 0.148. The second kappa shape index (κ2) is 6.94. The number of carbonyl (C=O) groups excluding carboxylic acids is 1. The lowest BCUT2D eigenvalue weighted by molar-refractivity contribution is -0.121. The lowest BCUT2D eigenvalue weighted by Crippen LogP contribution is -2.31. The lowest BCUT2D eigenvalue weighted by Gasteiger charge is -2.11. The maximum atomic E-state index is 11.5. The van der Waals surface area contributed by atoms with Gasteiger partial charge in [0.2, 0.25) is 5.91 Å². The maximum absolute atomic E-state index is 11.5. The van der Waals surface area contributed by atoms with Gasteiger partial charge in [-0.2, -0.15) is 0 Å². The fourth-order valence-electron chi connectivity index (χ4n) is 1.59. The zero-order chi connectivity index (χ0) is 12.7. The Bertz CT molecular complexity index is 346. The Morgan fingerprint density at radius 1 is 1.35 bits per heavy atom. The summed E-state index contributed by atoms with van der Waals surface area (Å²) in [5, 5.41) is 2.97. The van der Waals surface area contributed by atoms with E-state index in [1.807, 2.05) is 31.2 Å². The first-order valence-electron chi connectivity index (χ1n) is 6.25. The Morgan fingerprint density at radius 2 is 2.00 bits per heavy atom. The molecule has 1 aromatic carbocycles. The van der Waals surface area contributed by atoms with Gasteiger partial charge in [-0.3, -0.25) is 4.79 Å². The second-order valence-electron chi connectivity index (χ2n) is 4.47. The van der Waals surface area contributed by atoms with E-state index < -0.39 is 0 Å². The van der Waals surface area contributed by atoms with Crippen molar-refractivity contribution in [3.05, 3.63) is 29.8 Å². The fraction of sp³-hybridized carbons (Fsp3) is 0.500. The number of amides is 1. The van der Waals surface area contributed by atoms with Gasteiger partial charge in [0.15, 0.2) is 0 Å². The smallest absolute Gasteiger partial charge is 0.220 e. The Hall–Kier alpha value is -1.51. The van der Waals surface area contributed by atoms with E-state index in [9.17, 15) is 4.79 Å². The van der Waals surface area contributed by atoms with E-state index in [0.29, 0.717) is 6.42 Å². The number of hydrogen-bond donors (Lipinski definition) is 2. The van der Waals surface area contributed by atoms with Crippen LogP contribution in [0.4, 0.5) is 5.69 Å². The van der Waals surface area contributed by atoms with Crippen LogP contribution in [0.3, 0.4) is 0 Å². The van der Waals surface area contributed by atoms with Crippen LogP contribution in [0.1, 0.15) is 38.7 Å². The van der Waals surface area contributed by atoms with E-state index in [-0.39, 0.29) is 11.9 Å². The molecule has 1 atom stereocenters. The van der Waals surface area contributed by atoms with Crippen LogP contribution in [0.15, 0.2) is 24.3 Å². The zero-order valence-corrected chi connectivity index (χ0v) is 10.7. The summed E-state index contributed by atoms with van der Waals surface area (Å²) in [5.74, 6) is 0.148. The number of nitrogen functional groups attached to an aromatic ring is 1. The highest BCUT2D eigenvalue weighted by Gasteiger charge is 2.04. The molecular formula is C14H22N2O. The van der Waals surface area contributed by atoms with Gasteiger partial charge in [0.05, 0.1) is 0 Å². The third-order valence-corrected chi connectivity index (χ3v) is 2.87. The summed E-state index contributed by atoms with van der Waals surface area (Å²) < 4.78 is 0. The van der Waals surface area contributed by atoms with Gasteiger partial charge in [-0.25, -0.2) is 0 Å². The summed E-state index contributed by atoms with van der Waals surface area (Å²) in [6, 6.07) is 8.10. The van der Waals surface area contributed by atoms with E-state index in [0.717, 1.165) is 24.9 Å². The quantitative estimate of drug-likeness (QED) is 0.743. The average molecular weight is 234 g/mol. The summed E-state index contributed by atoms with van der Waals surface area (Å²) >= 11 is 0. The van der Waals surface area contributed by atoms with Gasteiger partial charge >= 0.3 is 0 Å². The van der Waals surface area contributed by atoms with E-state index in [1.165, 1.54) is 5.56 Å². The van der Waals surface area contributed by atoms with Crippen molar-refractivity contribution in [3.63, 3.8) is 0 Å². The van der Waals surface area contributed by atoms with Gasteiger partial charge in [0, 0.05) is 18.2 Å². The topological polar surface area (TPSA) is 55.1 Å². The van der Waals surface area contributed by atoms with Gasteiger partial charge in [0.1, 0.15) is 0 Å². The molecule has 0 aliphatic rings. The van der Waals surface area contributed by atoms with E-state index in [4.69, 9.17) is 5.73 Å². The number of aryl methyl sites for hydroxylation is 1. The maximum Gasteiger partial charge on any atom is 0.220 e. The van der Waals surface area contributed by atoms with Crippen molar-refractivity contribution in [2.45, 2.75) is 45.6 Å². The number of anilines is 1. The highest BCUT2D eigenvalue weighted by atomic mass is 16.1. The van der Waals surface area contributed by atoms with Crippen molar-refractivity contribution in [2.24, 2.45) is 0 Å². The highest BCUT2D eigenvalue weighted by Crippen LogP contribution is 2.08. The predicted octanol–water partition coefficient (Wildman–Crippen LogP) is 2.51. The normalized spacial score (nSPS) is 12.1. The first-order chi connectivity index (χ1) is 8.11. The van der Waals surface area contributed by atoms with Gasteiger partial charge in [-0.1, -0.05) is 19.1 Å². The zero-order valence-electron chi connectivity index (χ0n) is 10.7. The van der Waals surface area contributed by atoms with Crippen molar-refractivity contribution in [2.75, 3.05) is 5.73 Å². The predicted molar refractivity (Wildman–Crippen MR) is 71.7 cm³/mol. The molecule has 3 heteroatoms. The standard InChI is InChI=1S/C14H22N2O/c1-3-11(2)16-14(17)6-4-5-12-7-9-13(15)10-8-12/h7-11H,3-6,15H2,1-2H3,(H,16,17). The molecule has 1 rings (SSSR count). The molecule has 1 amide bonds. The van der Waals surface area contributed by atoms with Gasteiger partial charge < -0.3 is 11.1 Å². The first-order valence-corrected chi connectivity index (χ1v) is 6.25. The summed E-state index contributed by atoms with van der Waals surface area (Å²) in [6.45, 7) is 4.09. The molecule has 0 bridgehead atoms. The van der Waals surface area contributed by atoms with Gasteiger partial charge in [0.25, 0.3) is 0 Å². The Balaban J connectivity index is 2.23. The molecule has 17 heavy (non-hydrogen) atoms. The van der Waals surface area contributed by atoms with Crippen LogP contribution in [0.25, 0.3) is 0 Å². The Labute approximate surface area is 103 Å². The molecule has 0 aliphatic heterocycles.